The van der Waals surface area contributed by atoms with E-state index in [1.807, 2.05) is 37.2 Å². The largest absolute Gasteiger partial charge is 0.484 e. The Labute approximate surface area is 159 Å². The van der Waals surface area contributed by atoms with Crippen LogP contribution >= 0.6 is 0 Å². The Kier molecular flexibility index (Phi) is 7.63. The number of benzene rings is 2. The molecule has 0 atom stereocenters. The van der Waals surface area contributed by atoms with Gasteiger partial charge < -0.3 is 25.0 Å². The first-order chi connectivity index (χ1) is 13.0. The number of methoxy groups -OCH3 is 1. The van der Waals surface area contributed by atoms with E-state index in [2.05, 4.69) is 10.6 Å². The minimum Gasteiger partial charge on any atom is -0.484 e. The summed E-state index contributed by atoms with van der Waals surface area (Å²) in [6.07, 6.45) is 0. The van der Waals surface area contributed by atoms with Crippen LogP contribution in [0.25, 0.3) is 0 Å². The molecule has 27 heavy (non-hydrogen) atoms. The summed E-state index contributed by atoms with van der Waals surface area (Å²) < 4.78 is 10.4. The minimum atomic E-state index is -0.304. The predicted molar refractivity (Wildman–Crippen MR) is 106 cm³/mol. The van der Waals surface area contributed by atoms with Crippen LogP contribution in [-0.2, 0) is 9.53 Å². The first-order valence-electron chi connectivity index (χ1n) is 8.57. The molecule has 7 heteroatoms. The molecular formula is C20H25N3O4. The summed E-state index contributed by atoms with van der Waals surface area (Å²) in [6.45, 7) is 0.717. The monoisotopic (exact) mass is 371 g/mol. The van der Waals surface area contributed by atoms with Gasteiger partial charge in [-0.2, -0.15) is 0 Å². The number of carbonyl (C=O) groups excluding carboxylic acids is 2. The Morgan fingerprint density at radius 3 is 2.48 bits per heavy atom. The molecule has 0 spiro atoms. The zero-order valence-electron chi connectivity index (χ0n) is 15.8. The van der Waals surface area contributed by atoms with E-state index in [-0.39, 0.29) is 18.4 Å². The van der Waals surface area contributed by atoms with Crippen molar-refractivity contribution in [3.05, 3.63) is 54.1 Å². The molecule has 2 aromatic carbocycles. The molecule has 0 saturated heterocycles. The van der Waals surface area contributed by atoms with Crippen molar-refractivity contribution in [3.63, 3.8) is 0 Å². The molecule has 7 nitrogen and oxygen atoms in total. The van der Waals surface area contributed by atoms with E-state index in [1.54, 1.807) is 37.4 Å². The number of hydrogen-bond donors (Lipinski definition) is 2. The van der Waals surface area contributed by atoms with Crippen molar-refractivity contribution in [2.45, 2.75) is 0 Å². The number of rotatable bonds is 9. The van der Waals surface area contributed by atoms with Crippen LogP contribution in [0.4, 0.5) is 11.4 Å². The number of hydrogen-bond acceptors (Lipinski definition) is 5. The summed E-state index contributed by atoms with van der Waals surface area (Å²) >= 11 is 0. The summed E-state index contributed by atoms with van der Waals surface area (Å²) in [7, 11) is 5.28. The highest BCUT2D eigenvalue weighted by atomic mass is 16.5. The lowest BCUT2D eigenvalue weighted by Gasteiger charge is -2.18. The van der Waals surface area contributed by atoms with Crippen molar-refractivity contribution in [2.24, 2.45) is 0 Å². The molecule has 0 unspecified atom stereocenters. The van der Waals surface area contributed by atoms with Gasteiger partial charge in [-0.15, -0.1) is 0 Å². The van der Waals surface area contributed by atoms with Crippen LogP contribution in [0.2, 0.25) is 0 Å². The van der Waals surface area contributed by atoms with Gasteiger partial charge in [0, 0.05) is 39.1 Å². The molecule has 0 aliphatic carbocycles. The fourth-order valence-electron chi connectivity index (χ4n) is 2.41. The molecule has 0 radical (unpaired) electrons. The van der Waals surface area contributed by atoms with E-state index in [9.17, 15) is 9.59 Å². The maximum absolute atomic E-state index is 12.5. The molecule has 0 aliphatic heterocycles. The van der Waals surface area contributed by atoms with Gasteiger partial charge in [0.25, 0.3) is 11.8 Å². The molecule has 0 saturated carbocycles. The Hall–Kier alpha value is -3.06. The summed E-state index contributed by atoms with van der Waals surface area (Å²) in [5.41, 5.74) is 1.75. The molecule has 2 amide bonds. The van der Waals surface area contributed by atoms with Gasteiger partial charge in [0.15, 0.2) is 6.61 Å². The van der Waals surface area contributed by atoms with Crippen LogP contribution < -0.4 is 20.3 Å². The van der Waals surface area contributed by atoms with Gasteiger partial charge in [-0.25, -0.2) is 0 Å². The third-order valence-corrected chi connectivity index (χ3v) is 3.71. The van der Waals surface area contributed by atoms with E-state index >= 15 is 0 Å². The summed E-state index contributed by atoms with van der Waals surface area (Å²) in [5, 5.41) is 5.55. The Morgan fingerprint density at radius 2 is 1.81 bits per heavy atom. The molecule has 0 bridgehead atoms. The SMILES string of the molecule is COCCNC(=O)c1cc(NC(=O)COc2ccccc2)ccc1N(C)C. The zero-order valence-corrected chi connectivity index (χ0v) is 15.8. The fourth-order valence-corrected chi connectivity index (χ4v) is 2.41. The summed E-state index contributed by atoms with van der Waals surface area (Å²) in [6, 6.07) is 14.3. The highest BCUT2D eigenvalue weighted by molar-refractivity contribution is 6.02. The Balaban J connectivity index is 2.04. The minimum absolute atomic E-state index is 0.116. The van der Waals surface area contributed by atoms with Gasteiger partial charge >= 0.3 is 0 Å². The molecule has 0 fully saturated rings. The number of nitrogens with one attached hydrogen (secondary N) is 2. The van der Waals surface area contributed by atoms with Gasteiger partial charge in [0.05, 0.1) is 12.2 Å². The van der Waals surface area contributed by atoms with Crippen molar-refractivity contribution in [1.82, 2.24) is 5.32 Å². The van der Waals surface area contributed by atoms with Gasteiger partial charge in [-0.3, -0.25) is 9.59 Å². The van der Waals surface area contributed by atoms with Crippen LogP contribution in [-0.4, -0.2) is 52.8 Å². The molecular weight excluding hydrogens is 346 g/mol. The molecule has 2 aromatic rings. The number of carbonyl (C=O) groups is 2. The van der Waals surface area contributed by atoms with Crippen molar-refractivity contribution in [3.8, 4) is 5.75 Å². The lowest BCUT2D eigenvalue weighted by Crippen LogP contribution is -2.29. The average molecular weight is 371 g/mol. The van der Waals surface area contributed by atoms with Crippen LogP contribution in [0.15, 0.2) is 48.5 Å². The standard InChI is InChI=1S/C20H25N3O4/c1-23(2)18-10-9-15(13-17(18)20(25)21-11-12-26-3)22-19(24)14-27-16-7-5-4-6-8-16/h4-10,13H,11-12,14H2,1-3H3,(H,21,25)(H,22,24). The lowest BCUT2D eigenvalue weighted by atomic mass is 10.1. The van der Waals surface area contributed by atoms with Gasteiger partial charge in [-0.1, -0.05) is 18.2 Å². The molecule has 144 valence electrons. The second kappa shape index (κ2) is 10.2. The maximum Gasteiger partial charge on any atom is 0.262 e. The summed E-state index contributed by atoms with van der Waals surface area (Å²) in [4.78, 5) is 26.4. The average Bonchev–Trinajstić information content (AvgIpc) is 2.67. The first kappa shape index (κ1) is 20.3. The third-order valence-electron chi connectivity index (χ3n) is 3.71. The van der Waals surface area contributed by atoms with E-state index in [1.165, 1.54) is 0 Å². The highest BCUT2D eigenvalue weighted by Gasteiger charge is 2.14. The molecule has 0 heterocycles. The lowest BCUT2D eigenvalue weighted by molar-refractivity contribution is -0.118. The molecule has 0 aromatic heterocycles. The normalized spacial score (nSPS) is 10.2. The zero-order chi connectivity index (χ0) is 19.6. The van der Waals surface area contributed by atoms with Crippen molar-refractivity contribution in [1.29, 1.82) is 0 Å². The summed E-state index contributed by atoms with van der Waals surface area (Å²) in [5.74, 6) is 0.0865. The van der Waals surface area contributed by atoms with Crippen LogP contribution in [0.1, 0.15) is 10.4 Å². The van der Waals surface area contributed by atoms with E-state index < -0.39 is 0 Å². The van der Waals surface area contributed by atoms with Crippen molar-refractivity contribution >= 4 is 23.2 Å². The van der Waals surface area contributed by atoms with E-state index in [4.69, 9.17) is 9.47 Å². The van der Waals surface area contributed by atoms with Gasteiger partial charge in [0.1, 0.15) is 5.75 Å². The first-order valence-corrected chi connectivity index (χ1v) is 8.57. The smallest absolute Gasteiger partial charge is 0.262 e. The number of amides is 2. The number of nitrogens with zero attached hydrogens (tertiary/aromatic N) is 1. The van der Waals surface area contributed by atoms with E-state index in [0.29, 0.717) is 30.2 Å². The number of ether oxygens (including phenoxy) is 2. The Morgan fingerprint density at radius 1 is 1.07 bits per heavy atom. The highest BCUT2D eigenvalue weighted by Crippen LogP contribution is 2.23. The second-order valence-electron chi connectivity index (χ2n) is 6.02. The van der Waals surface area contributed by atoms with Gasteiger partial charge in [0.2, 0.25) is 0 Å². The van der Waals surface area contributed by atoms with Crippen LogP contribution in [0.3, 0.4) is 0 Å². The third kappa shape index (κ3) is 6.31. The maximum atomic E-state index is 12.5. The predicted octanol–water partition coefficient (Wildman–Crippen LogP) is 2.15. The van der Waals surface area contributed by atoms with Crippen LogP contribution in [0, 0.1) is 0 Å². The van der Waals surface area contributed by atoms with Crippen molar-refractivity contribution in [2.75, 3.05) is 51.2 Å². The molecule has 0 aliphatic rings. The number of para-hydroxylation sites is 1. The quantitative estimate of drug-likeness (QED) is 0.660. The molecule has 2 N–H and O–H groups in total. The Bertz CT molecular complexity index is 763. The molecule has 2 rings (SSSR count). The van der Waals surface area contributed by atoms with E-state index in [0.717, 1.165) is 5.69 Å². The second-order valence-corrected chi connectivity index (χ2v) is 6.02. The number of anilines is 2. The van der Waals surface area contributed by atoms with Crippen molar-refractivity contribution < 1.29 is 19.1 Å². The van der Waals surface area contributed by atoms with Crippen LogP contribution in [0.5, 0.6) is 5.75 Å². The van der Waals surface area contributed by atoms with Gasteiger partial charge in [-0.05, 0) is 30.3 Å². The topological polar surface area (TPSA) is 79.9 Å². The fraction of sp³-hybridized carbons (Fsp3) is 0.300.